The van der Waals surface area contributed by atoms with Crippen molar-refractivity contribution >= 4 is 17.4 Å². The minimum atomic E-state index is -0.0950. The van der Waals surface area contributed by atoms with Gasteiger partial charge in [-0.25, -0.2) is 9.78 Å². The number of nitrogens with one attached hydrogen (secondary N) is 2. The number of hydrogen-bond donors (Lipinski definition) is 2. The monoisotopic (exact) mass is 225 g/mol. The van der Waals surface area contributed by atoms with Gasteiger partial charge in [0.25, 0.3) is 0 Å². The van der Waals surface area contributed by atoms with E-state index in [2.05, 4.69) is 22.5 Å². The van der Waals surface area contributed by atoms with E-state index in [0.29, 0.717) is 18.5 Å². The lowest BCUT2D eigenvalue weighted by atomic mass is 10.2. The molecule has 1 aliphatic rings. The molecule has 5 heteroatoms. The average Bonchev–Trinajstić information content (AvgIpc) is 2.93. The van der Waals surface area contributed by atoms with Crippen LogP contribution in [0.3, 0.4) is 0 Å². The summed E-state index contributed by atoms with van der Waals surface area (Å²) in [6, 6.07) is 0.197. The molecule has 1 atom stereocenters. The summed E-state index contributed by atoms with van der Waals surface area (Å²) < 4.78 is 0. The molecule has 0 spiro atoms. The van der Waals surface area contributed by atoms with Crippen molar-refractivity contribution in [3.63, 3.8) is 0 Å². The van der Waals surface area contributed by atoms with Crippen molar-refractivity contribution in [1.82, 2.24) is 15.6 Å². The highest BCUT2D eigenvalue weighted by atomic mass is 32.1. The molecular formula is C10H15N3OS. The number of nitrogens with zero attached hydrogens (tertiary/aromatic N) is 1. The Balaban J connectivity index is 1.68. The van der Waals surface area contributed by atoms with E-state index < -0.39 is 0 Å². The van der Waals surface area contributed by atoms with Gasteiger partial charge >= 0.3 is 6.03 Å². The van der Waals surface area contributed by atoms with Crippen molar-refractivity contribution in [3.8, 4) is 0 Å². The Bertz CT molecular complexity index is 321. The largest absolute Gasteiger partial charge is 0.335 e. The van der Waals surface area contributed by atoms with E-state index in [0.717, 1.165) is 5.69 Å². The molecule has 1 aliphatic carbocycles. The van der Waals surface area contributed by atoms with Crippen LogP contribution < -0.4 is 10.6 Å². The Morgan fingerprint density at radius 3 is 3.13 bits per heavy atom. The SMILES string of the molecule is CC(NC(=O)NCc1cscn1)C1CC1. The third-order valence-corrected chi connectivity index (χ3v) is 3.24. The van der Waals surface area contributed by atoms with Crippen molar-refractivity contribution in [2.45, 2.75) is 32.4 Å². The van der Waals surface area contributed by atoms with Crippen LogP contribution >= 0.6 is 11.3 Å². The van der Waals surface area contributed by atoms with Crippen molar-refractivity contribution in [2.24, 2.45) is 5.92 Å². The highest BCUT2D eigenvalue weighted by Gasteiger charge is 2.28. The van der Waals surface area contributed by atoms with Crippen LogP contribution in [-0.2, 0) is 6.54 Å². The molecular weight excluding hydrogens is 210 g/mol. The molecule has 2 rings (SSSR count). The summed E-state index contributed by atoms with van der Waals surface area (Å²) in [6.45, 7) is 2.56. The van der Waals surface area contributed by atoms with E-state index in [1.165, 1.54) is 24.2 Å². The summed E-state index contributed by atoms with van der Waals surface area (Å²) >= 11 is 1.54. The van der Waals surface area contributed by atoms with E-state index in [1.807, 2.05) is 5.38 Å². The summed E-state index contributed by atoms with van der Waals surface area (Å²) in [4.78, 5) is 15.5. The molecule has 1 saturated carbocycles. The fourth-order valence-corrected chi connectivity index (χ4v) is 2.03. The van der Waals surface area contributed by atoms with Crippen molar-refractivity contribution < 1.29 is 4.79 Å². The molecule has 1 unspecified atom stereocenters. The zero-order valence-electron chi connectivity index (χ0n) is 8.69. The van der Waals surface area contributed by atoms with Crippen LogP contribution in [0.2, 0.25) is 0 Å². The first-order valence-corrected chi connectivity index (χ1v) is 6.11. The Hall–Kier alpha value is -1.10. The lowest BCUT2D eigenvalue weighted by Crippen LogP contribution is -2.41. The number of carbonyl (C=O) groups excluding carboxylic acids is 1. The number of hydrogen-bond acceptors (Lipinski definition) is 3. The Morgan fingerprint density at radius 2 is 2.53 bits per heavy atom. The number of aromatic nitrogens is 1. The van der Waals surface area contributed by atoms with Crippen LogP contribution in [0.1, 0.15) is 25.5 Å². The number of urea groups is 1. The van der Waals surface area contributed by atoms with Crippen LogP contribution in [0.5, 0.6) is 0 Å². The predicted octanol–water partition coefficient (Wildman–Crippen LogP) is 1.74. The standard InChI is InChI=1S/C10H15N3OS/c1-7(8-2-3-8)13-10(14)11-4-9-5-15-6-12-9/h5-8H,2-4H2,1H3,(H2,11,13,14). The summed E-state index contributed by atoms with van der Waals surface area (Å²) in [7, 11) is 0. The van der Waals surface area contributed by atoms with E-state index in [9.17, 15) is 4.79 Å². The highest BCUT2D eigenvalue weighted by Crippen LogP contribution is 2.32. The lowest BCUT2D eigenvalue weighted by Gasteiger charge is -2.12. The molecule has 2 N–H and O–H groups in total. The number of rotatable bonds is 4. The summed E-state index contributed by atoms with van der Waals surface area (Å²) in [5, 5.41) is 7.66. The maximum Gasteiger partial charge on any atom is 0.315 e. The number of carbonyl (C=O) groups is 1. The van der Waals surface area contributed by atoms with E-state index >= 15 is 0 Å². The second-order valence-electron chi connectivity index (χ2n) is 3.93. The quantitative estimate of drug-likeness (QED) is 0.820. The van der Waals surface area contributed by atoms with Gasteiger partial charge in [-0.1, -0.05) is 0 Å². The maximum atomic E-state index is 11.4. The van der Waals surface area contributed by atoms with Gasteiger partial charge in [0.2, 0.25) is 0 Å². The predicted molar refractivity (Wildman–Crippen MR) is 59.7 cm³/mol. The minimum Gasteiger partial charge on any atom is -0.335 e. The fraction of sp³-hybridized carbons (Fsp3) is 0.600. The molecule has 0 radical (unpaired) electrons. The molecule has 1 heterocycles. The fourth-order valence-electron chi connectivity index (χ4n) is 1.47. The Kier molecular flexibility index (Phi) is 3.20. The molecule has 1 aromatic heterocycles. The van der Waals surface area contributed by atoms with Crippen LogP contribution in [0.15, 0.2) is 10.9 Å². The van der Waals surface area contributed by atoms with Crippen LogP contribution in [0.25, 0.3) is 0 Å². The van der Waals surface area contributed by atoms with Crippen molar-refractivity contribution in [2.75, 3.05) is 0 Å². The second kappa shape index (κ2) is 4.61. The zero-order valence-corrected chi connectivity index (χ0v) is 9.51. The van der Waals surface area contributed by atoms with Gasteiger partial charge in [0.1, 0.15) is 0 Å². The smallest absolute Gasteiger partial charge is 0.315 e. The van der Waals surface area contributed by atoms with Gasteiger partial charge < -0.3 is 10.6 Å². The maximum absolute atomic E-state index is 11.4. The lowest BCUT2D eigenvalue weighted by molar-refractivity contribution is 0.236. The topological polar surface area (TPSA) is 54.0 Å². The minimum absolute atomic E-state index is 0.0950. The van der Waals surface area contributed by atoms with Gasteiger partial charge in [-0.2, -0.15) is 0 Å². The Morgan fingerprint density at radius 1 is 1.73 bits per heavy atom. The molecule has 1 fully saturated rings. The molecule has 1 aromatic rings. The summed E-state index contributed by atoms with van der Waals surface area (Å²) in [5.41, 5.74) is 2.68. The van der Waals surface area contributed by atoms with Crippen LogP contribution in [-0.4, -0.2) is 17.1 Å². The third-order valence-electron chi connectivity index (χ3n) is 2.60. The molecule has 0 saturated heterocycles. The van der Waals surface area contributed by atoms with Gasteiger partial charge in [-0.15, -0.1) is 11.3 Å². The molecule has 2 amide bonds. The zero-order chi connectivity index (χ0) is 10.7. The first-order valence-electron chi connectivity index (χ1n) is 5.17. The molecule has 15 heavy (non-hydrogen) atoms. The van der Waals surface area contributed by atoms with E-state index in [-0.39, 0.29) is 6.03 Å². The highest BCUT2D eigenvalue weighted by molar-refractivity contribution is 7.07. The normalized spacial score (nSPS) is 17.1. The van der Waals surface area contributed by atoms with Gasteiger partial charge in [0.15, 0.2) is 0 Å². The molecule has 82 valence electrons. The molecule has 4 nitrogen and oxygen atoms in total. The van der Waals surface area contributed by atoms with Crippen LogP contribution in [0.4, 0.5) is 4.79 Å². The van der Waals surface area contributed by atoms with E-state index in [1.54, 1.807) is 5.51 Å². The summed E-state index contributed by atoms with van der Waals surface area (Å²) in [6.07, 6.45) is 2.49. The molecule has 0 aliphatic heterocycles. The van der Waals surface area contributed by atoms with Gasteiger partial charge in [-0.3, -0.25) is 0 Å². The third kappa shape index (κ3) is 3.20. The second-order valence-corrected chi connectivity index (χ2v) is 4.65. The number of thiazole rings is 1. The molecule has 0 bridgehead atoms. The first kappa shape index (κ1) is 10.4. The number of amides is 2. The Labute approximate surface area is 93.1 Å². The average molecular weight is 225 g/mol. The van der Waals surface area contributed by atoms with Gasteiger partial charge in [0, 0.05) is 11.4 Å². The summed E-state index contributed by atoms with van der Waals surface area (Å²) in [5.74, 6) is 0.690. The van der Waals surface area contributed by atoms with Crippen molar-refractivity contribution in [3.05, 3.63) is 16.6 Å². The van der Waals surface area contributed by atoms with Gasteiger partial charge in [0.05, 0.1) is 17.7 Å². The first-order chi connectivity index (χ1) is 7.25. The van der Waals surface area contributed by atoms with Gasteiger partial charge in [-0.05, 0) is 25.7 Å². The van der Waals surface area contributed by atoms with E-state index in [4.69, 9.17) is 0 Å². The van der Waals surface area contributed by atoms with Crippen LogP contribution in [0, 0.1) is 5.92 Å². The van der Waals surface area contributed by atoms with Crippen molar-refractivity contribution in [1.29, 1.82) is 0 Å². The molecule has 0 aromatic carbocycles.